The van der Waals surface area contributed by atoms with E-state index in [1.807, 2.05) is 6.92 Å². The molecule has 1 saturated heterocycles. The molecular formula is C22H32FN5O2S. The van der Waals surface area contributed by atoms with Gasteiger partial charge in [-0.25, -0.2) is 4.39 Å². The molecule has 0 saturated carbocycles. The Kier molecular flexibility index (Phi) is 8.62. The van der Waals surface area contributed by atoms with Crippen molar-refractivity contribution in [3.8, 4) is 11.3 Å². The van der Waals surface area contributed by atoms with E-state index in [9.17, 15) is 4.39 Å². The SMILES string of the molecule is CCNC(=S)N(CCCOC)Cc1c(-c2ccc(F)cc2)noc1N1CCN(C)CC1. The second kappa shape index (κ2) is 11.4. The monoisotopic (exact) mass is 449 g/mol. The van der Waals surface area contributed by atoms with Gasteiger partial charge in [-0.15, -0.1) is 0 Å². The van der Waals surface area contributed by atoms with Crippen LogP contribution >= 0.6 is 12.2 Å². The average Bonchev–Trinajstić information content (AvgIpc) is 3.18. The first-order valence-electron chi connectivity index (χ1n) is 10.7. The summed E-state index contributed by atoms with van der Waals surface area (Å²) in [6.07, 6.45) is 0.850. The predicted molar refractivity (Wildman–Crippen MR) is 125 cm³/mol. The summed E-state index contributed by atoms with van der Waals surface area (Å²) in [7, 11) is 3.82. The lowest BCUT2D eigenvalue weighted by Crippen LogP contribution is -2.45. The summed E-state index contributed by atoms with van der Waals surface area (Å²) < 4.78 is 24.6. The molecule has 31 heavy (non-hydrogen) atoms. The molecule has 0 radical (unpaired) electrons. The van der Waals surface area contributed by atoms with Crippen molar-refractivity contribution in [2.75, 3.05) is 64.9 Å². The van der Waals surface area contributed by atoms with Crippen LogP contribution < -0.4 is 10.2 Å². The van der Waals surface area contributed by atoms with Crippen molar-refractivity contribution < 1.29 is 13.7 Å². The maximum Gasteiger partial charge on any atom is 0.232 e. The average molecular weight is 450 g/mol. The third-order valence-electron chi connectivity index (χ3n) is 5.42. The van der Waals surface area contributed by atoms with Gasteiger partial charge in [0.1, 0.15) is 11.5 Å². The Morgan fingerprint density at radius 1 is 1.26 bits per heavy atom. The standard InChI is InChI=1S/C22H32FN5O2S/c1-4-24-22(31)28(10-5-15-29-3)16-19-20(17-6-8-18(23)9-7-17)25-30-21(19)27-13-11-26(2)12-14-27/h6-9H,4-5,10-16H2,1-3H3,(H,24,31). The van der Waals surface area contributed by atoms with Gasteiger partial charge >= 0.3 is 0 Å². The minimum absolute atomic E-state index is 0.275. The van der Waals surface area contributed by atoms with Gasteiger partial charge in [-0.2, -0.15) is 0 Å². The van der Waals surface area contributed by atoms with Gasteiger partial charge in [-0.3, -0.25) is 0 Å². The summed E-state index contributed by atoms with van der Waals surface area (Å²) in [5.41, 5.74) is 2.52. The van der Waals surface area contributed by atoms with Crippen molar-refractivity contribution in [3.63, 3.8) is 0 Å². The molecule has 0 spiro atoms. The lowest BCUT2D eigenvalue weighted by molar-refractivity contribution is 0.185. The van der Waals surface area contributed by atoms with E-state index in [-0.39, 0.29) is 5.82 Å². The molecule has 170 valence electrons. The summed E-state index contributed by atoms with van der Waals surface area (Å²) in [5.74, 6) is 0.492. The molecule has 1 fully saturated rings. The molecule has 0 aliphatic carbocycles. The minimum Gasteiger partial charge on any atom is -0.385 e. The number of hydrogen-bond acceptors (Lipinski definition) is 6. The van der Waals surface area contributed by atoms with E-state index in [2.05, 4.69) is 32.2 Å². The molecule has 0 amide bonds. The van der Waals surface area contributed by atoms with Gasteiger partial charge < -0.3 is 29.3 Å². The Labute approximate surface area is 189 Å². The number of methoxy groups -OCH3 is 1. The van der Waals surface area contributed by atoms with Gasteiger partial charge in [0.25, 0.3) is 0 Å². The lowest BCUT2D eigenvalue weighted by Gasteiger charge is -2.33. The zero-order chi connectivity index (χ0) is 22.2. The highest BCUT2D eigenvalue weighted by molar-refractivity contribution is 7.80. The van der Waals surface area contributed by atoms with Crippen molar-refractivity contribution >= 4 is 23.2 Å². The summed E-state index contributed by atoms with van der Waals surface area (Å²) in [4.78, 5) is 6.65. The third kappa shape index (κ3) is 6.15. The van der Waals surface area contributed by atoms with Crippen molar-refractivity contribution in [2.24, 2.45) is 0 Å². The Balaban J connectivity index is 1.93. The molecule has 1 aliphatic heterocycles. The van der Waals surface area contributed by atoms with Crippen LogP contribution in [0.2, 0.25) is 0 Å². The highest BCUT2D eigenvalue weighted by atomic mass is 32.1. The van der Waals surface area contributed by atoms with Gasteiger partial charge in [0.15, 0.2) is 5.11 Å². The normalized spacial score (nSPS) is 14.6. The molecule has 1 aromatic carbocycles. The summed E-state index contributed by atoms with van der Waals surface area (Å²) >= 11 is 5.64. The molecule has 7 nitrogen and oxygen atoms in total. The van der Waals surface area contributed by atoms with E-state index >= 15 is 0 Å². The number of halogens is 1. The van der Waals surface area contributed by atoms with Crippen LogP contribution in [0.1, 0.15) is 18.9 Å². The van der Waals surface area contributed by atoms with E-state index in [0.717, 1.165) is 68.4 Å². The van der Waals surface area contributed by atoms with Crippen LogP contribution in [-0.2, 0) is 11.3 Å². The second-order valence-corrected chi connectivity index (χ2v) is 8.10. The summed E-state index contributed by atoms with van der Waals surface area (Å²) in [5, 5.41) is 8.34. The van der Waals surface area contributed by atoms with Crippen LogP contribution in [0.4, 0.5) is 10.3 Å². The van der Waals surface area contributed by atoms with E-state index < -0.39 is 0 Å². The van der Waals surface area contributed by atoms with Crippen LogP contribution in [0, 0.1) is 5.82 Å². The number of benzene rings is 1. The van der Waals surface area contributed by atoms with E-state index in [1.165, 1.54) is 12.1 Å². The first-order valence-corrected chi connectivity index (χ1v) is 11.1. The van der Waals surface area contributed by atoms with Gasteiger partial charge in [-0.1, -0.05) is 5.16 Å². The molecule has 2 aromatic rings. The fraction of sp³-hybridized carbons (Fsp3) is 0.545. The zero-order valence-corrected chi connectivity index (χ0v) is 19.4. The number of thiocarbonyl (C=S) groups is 1. The fourth-order valence-corrected chi connectivity index (χ4v) is 3.94. The molecule has 3 rings (SSSR count). The number of likely N-dealkylation sites (N-methyl/N-ethyl adjacent to an activating group) is 1. The highest BCUT2D eigenvalue weighted by Crippen LogP contribution is 2.33. The topological polar surface area (TPSA) is 57.0 Å². The number of ether oxygens (including phenoxy) is 1. The summed E-state index contributed by atoms with van der Waals surface area (Å²) in [6.45, 7) is 8.37. The second-order valence-electron chi connectivity index (χ2n) is 7.72. The quantitative estimate of drug-likeness (QED) is 0.463. The number of anilines is 1. The molecule has 1 N–H and O–H groups in total. The number of piperazine rings is 1. The maximum absolute atomic E-state index is 13.5. The van der Waals surface area contributed by atoms with Crippen LogP contribution in [0.5, 0.6) is 0 Å². The molecule has 9 heteroatoms. The Morgan fingerprint density at radius 3 is 2.61 bits per heavy atom. The van der Waals surface area contributed by atoms with Crippen LogP contribution in [-0.4, -0.2) is 80.1 Å². The molecule has 2 heterocycles. The van der Waals surface area contributed by atoms with Gasteiger partial charge in [-0.05, 0) is 56.9 Å². The largest absolute Gasteiger partial charge is 0.385 e. The van der Waals surface area contributed by atoms with Crippen LogP contribution in [0.15, 0.2) is 28.8 Å². The van der Waals surface area contributed by atoms with E-state index in [0.29, 0.717) is 18.3 Å². The maximum atomic E-state index is 13.5. The number of hydrogen-bond donors (Lipinski definition) is 1. The Morgan fingerprint density at radius 2 is 1.97 bits per heavy atom. The highest BCUT2D eigenvalue weighted by Gasteiger charge is 2.27. The van der Waals surface area contributed by atoms with Crippen molar-refractivity contribution in [1.82, 2.24) is 20.3 Å². The fourth-order valence-electron chi connectivity index (χ4n) is 3.64. The Hall–Kier alpha value is -2.23. The van der Waals surface area contributed by atoms with E-state index in [1.54, 1.807) is 19.2 Å². The molecule has 0 unspecified atom stereocenters. The summed E-state index contributed by atoms with van der Waals surface area (Å²) in [6, 6.07) is 6.37. The first kappa shape index (κ1) is 23.4. The predicted octanol–water partition coefficient (Wildman–Crippen LogP) is 2.97. The molecule has 0 atom stereocenters. The van der Waals surface area contributed by atoms with Crippen molar-refractivity contribution in [3.05, 3.63) is 35.6 Å². The van der Waals surface area contributed by atoms with Crippen molar-refractivity contribution in [2.45, 2.75) is 19.9 Å². The third-order valence-corrected chi connectivity index (χ3v) is 5.82. The molecular weight excluding hydrogens is 417 g/mol. The number of aromatic nitrogens is 1. The minimum atomic E-state index is -0.275. The van der Waals surface area contributed by atoms with Gasteiger partial charge in [0.2, 0.25) is 5.88 Å². The lowest BCUT2D eigenvalue weighted by atomic mass is 10.1. The van der Waals surface area contributed by atoms with Gasteiger partial charge in [0, 0.05) is 58.5 Å². The Bertz CT molecular complexity index is 837. The smallest absolute Gasteiger partial charge is 0.232 e. The van der Waals surface area contributed by atoms with Crippen LogP contribution in [0.25, 0.3) is 11.3 Å². The van der Waals surface area contributed by atoms with Crippen molar-refractivity contribution in [1.29, 1.82) is 0 Å². The number of nitrogens with zero attached hydrogens (tertiary/aromatic N) is 4. The molecule has 1 aromatic heterocycles. The zero-order valence-electron chi connectivity index (χ0n) is 18.6. The number of nitrogens with one attached hydrogen (secondary N) is 1. The van der Waals surface area contributed by atoms with E-state index in [4.69, 9.17) is 21.5 Å². The molecule has 0 bridgehead atoms. The first-order chi connectivity index (χ1) is 15.0. The molecule has 1 aliphatic rings. The number of rotatable bonds is 9. The van der Waals surface area contributed by atoms with Gasteiger partial charge in [0.05, 0.1) is 12.1 Å². The van der Waals surface area contributed by atoms with Crippen LogP contribution in [0.3, 0.4) is 0 Å².